The number of rotatable bonds is 3. The van der Waals surface area contributed by atoms with Crippen LogP contribution in [0.4, 0.5) is 5.69 Å². The molecule has 1 aliphatic heterocycles. The summed E-state index contributed by atoms with van der Waals surface area (Å²) in [5, 5.41) is 0.639. The highest BCUT2D eigenvalue weighted by molar-refractivity contribution is 7.89. The zero-order valence-electron chi connectivity index (χ0n) is 10.2. The fourth-order valence-corrected chi connectivity index (χ4v) is 3.68. The number of sulfonamides is 1. The van der Waals surface area contributed by atoms with Crippen molar-refractivity contribution in [2.45, 2.75) is 17.4 Å². The SMILES string of the molecule is Nc1ccc2c(S(=O)(=O)NC3CCOC3)c[nH]c2c1. The number of aromatic amines is 1. The van der Waals surface area contributed by atoms with Crippen LogP contribution in [0.2, 0.25) is 0 Å². The zero-order valence-corrected chi connectivity index (χ0v) is 11.0. The van der Waals surface area contributed by atoms with Gasteiger partial charge in [0.15, 0.2) is 0 Å². The predicted molar refractivity (Wildman–Crippen MR) is 72.3 cm³/mol. The lowest BCUT2D eigenvalue weighted by molar-refractivity contribution is 0.192. The summed E-state index contributed by atoms with van der Waals surface area (Å²) in [6.45, 7) is 1.02. The average Bonchev–Trinajstić information content (AvgIpc) is 2.96. The summed E-state index contributed by atoms with van der Waals surface area (Å²) >= 11 is 0. The van der Waals surface area contributed by atoms with Crippen molar-refractivity contribution in [2.24, 2.45) is 0 Å². The van der Waals surface area contributed by atoms with Crippen molar-refractivity contribution in [1.29, 1.82) is 0 Å². The summed E-state index contributed by atoms with van der Waals surface area (Å²) in [6.07, 6.45) is 2.19. The number of hydrogen-bond acceptors (Lipinski definition) is 4. The van der Waals surface area contributed by atoms with Crippen molar-refractivity contribution >= 4 is 26.6 Å². The molecule has 6 nitrogen and oxygen atoms in total. The van der Waals surface area contributed by atoms with E-state index < -0.39 is 10.0 Å². The van der Waals surface area contributed by atoms with Gasteiger partial charge >= 0.3 is 0 Å². The van der Waals surface area contributed by atoms with E-state index in [1.54, 1.807) is 18.2 Å². The van der Waals surface area contributed by atoms with Gasteiger partial charge in [-0.3, -0.25) is 0 Å². The Morgan fingerprint density at radius 1 is 1.42 bits per heavy atom. The summed E-state index contributed by atoms with van der Waals surface area (Å²) in [6, 6.07) is 4.96. The number of nitrogens with two attached hydrogens (primary N) is 1. The first kappa shape index (κ1) is 12.5. The fourth-order valence-electron chi connectivity index (χ4n) is 2.25. The van der Waals surface area contributed by atoms with E-state index in [1.807, 2.05) is 0 Å². The molecule has 1 atom stereocenters. The molecule has 0 radical (unpaired) electrons. The third kappa shape index (κ3) is 2.32. The van der Waals surface area contributed by atoms with Gasteiger partial charge in [-0.05, 0) is 24.6 Å². The van der Waals surface area contributed by atoms with Crippen molar-refractivity contribution in [3.05, 3.63) is 24.4 Å². The highest BCUT2D eigenvalue weighted by atomic mass is 32.2. The number of hydrogen-bond donors (Lipinski definition) is 3. The Morgan fingerprint density at radius 2 is 2.26 bits per heavy atom. The molecule has 4 N–H and O–H groups in total. The second-order valence-corrected chi connectivity index (χ2v) is 6.32. The standard InChI is InChI=1S/C12H15N3O3S/c13-8-1-2-10-11(5-8)14-6-12(10)19(16,17)15-9-3-4-18-7-9/h1-2,5-6,9,14-15H,3-4,7,13H2. The molecule has 102 valence electrons. The molecule has 0 saturated carbocycles. The maximum atomic E-state index is 12.3. The van der Waals surface area contributed by atoms with E-state index in [0.717, 1.165) is 0 Å². The van der Waals surface area contributed by atoms with Crippen molar-refractivity contribution in [1.82, 2.24) is 9.71 Å². The van der Waals surface area contributed by atoms with Gasteiger partial charge in [0.25, 0.3) is 0 Å². The van der Waals surface area contributed by atoms with Crippen molar-refractivity contribution in [3.63, 3.8) is 0 Å². The van der Waals surface area contributed by atoms with Gasteiger partial charge in [0.05, 0.1) is 6.61 Å². The van der Waals surface area contributed by atoms with Gasteiger partial charge in [-0.15, -0.1) is 0 Å². The smallest absolute Gasteiger partial charge is 0.243 e. The number of ether oxygens (including phenoxy) is 1. The summed E-state index contributed by atoms with van der Waals surface area (Å²) in [4.78, 5) is 3.17. The lowest BCUT2D eigenvalue weighted by Crippen LogP contribution is -2.34. The number of fused-ring (bicyclic) bond motifs is 1. The molecule has 1 aromatic heterocycles. The predicted octanol–water partition coefficient (Wildman–Crippen LogP) is 0.817. The number of aromatic nitrogens is 1. The Bertz CT molecular complexity index is 702. The Hall–Kier alpha value is -1.57. The van der Waals surface area contributed by atoms with Gasteiger partial charge in [-0.1, -0.05) is 0 Å². The van der Waals surface area contributed by atoms with E-state index in [9.17, 15) is 8.42 Å². The monoisotopic (exact) mass is 281 g/mol. The van der Waals surface area contributed by atoms with E-state index in [1.165, 1.54) is 6.20 Å². The van der Waals surface area contributed by atoms with Crippen LogP contribution in [0.5, 0.6) is 0 Å². The van der Waals surface area contributed by atoms with Gasteiger partial charge in [0, 0.05) is 35.4 Å². The highest BCUT2D eigenvalue weighted by Crippen LogP contribution is 2.24. The van der Waals surface area contributed by atoms with Crippen LogP contribution in [-0.2, 0) is 14.8 Å². The highest BCUT2D eigenvalue weighted by Gasteiger charge is 2.25. The maximum Gasteiger partial charge on any atom is 0.243 e. The molecule has 1 saturated heterocycles. The number of nitrogen functional groups attached to an aromatic ring is 1. The third-order valence-electron chi connectivity index (χ3n) is 3.21. The van der Waals surface area contributed by atoms with Gasteiger partial charge < -0.3 is 15.5 Å². The Labute approximate surface area is 111 Å². The average molecular weight is 281 g/mol. The Balaban J connectivity index is 1.98. The molecule has 3 rings (SSSR count). The molecule has 19 heavy (non-hydrogen) atoms. The van der Waals surface area contributed by atoms with Crippen LogP contribution in [0, 0.1) is 0 Å². The molecule has 0 spiro atoms. The fraction of sp³-hybridized carbons (Fsp3) is 0.333. The second kappa shape index (κ2) is 4.52. The molecule has 1 unspecified atom stereocenters. The Morgan fingerprint density at radius 3 is 3.00 bits per heavy atom. The Kier molecular flexibility index (Phi) is 2.96. The van der Waals surface area contributed by atoms with Gasteiger partial charge in [0.2, 0.25) is 10.0 Å². The first-order chi connectivity index (χ1) is 9.06. The molecule has 7 heteroatoms. The molecule has 1 aliphatic rings. The minimum Gasteiger partial charge on any atom is -0.399 e. The molecule has 1 aromatic carbocycles. The molecule has 0 amide bonds. The summed E-state index contributed by atoms with van der Waals surface area (Å²) in [7, 11) is -3.54. The molecule has 2 heterocycles. The molecule has 1 fully saturated rings. The van der Waals surface area contributed by atoms with Crippen molar-refractivity contribution in [3.8, 4) is 0 Å². The first-order valence-corrected chi connectivity index (χ1v) is 7.51. The maximum absolute atomic E-state index is 12.3. The van der Waals surface area contributed by atoms with E-state index in [4.69, 9.17) is 10.5 Å². The number of benzene rings is 1. The summed E-state index contributed by atoms with van der Waals surface area (Å²) in [5.74, 6) is 0. The number of H-pyrrole nitrogens is 1. The summed E-state index contributed by atoms with van der Waals surface area (Å²) in [5.41, 5.74) is 6.98. The number of nitrogens with one attached hydrogen (secondary N) is 2. The van der Waals surface area contributed by atoms with E-state index in [-0.39, 0.29) is 10.9 Å². The second-order valence-electron chi connectivity index (χ2n) is 4.64. The van der Waals surface area contributed by atoms with E-state index >= 15 is 0 Å². The molecular formula is C12H15N3O3S. The van der Waals surface area contributed by atoms with Gasteiger partial charge in [-0.2, -0.15) is 0 Å². The van der Waals surface area contributed by atoms with Crippen LogP contribution >= 0.6 is 0 Å². The molecule has 2 aromatic rings. The van der Waals surface area contributed by atoms with Crippen LogP contribution in [0.25, 0.3) is 10.9 Å². The quantitative estimate of drug-likeness (QED) is 0.725. The molecule has 0 bridgehead atoms. The van der Waals surface area contributed by atoms with Crippen LogP contribution < -0.4 is 10.5 Å². The van der Waals surface area contributed by atoms with Gasteiger partial charge in [0.1, 0.15) is 4.90 Å². The van der Waals surface area contributed by atoms with Crippen LogP contribution in [0.15, 0.2) is 29.3 Å². The number of anilines is 1. The van der Waals surface area contributed by atoms with Gasteiger partial charge in [-0.25, -0.2) is 13.1 Å². The van der Waals surface area contributed by atoms with Crippen molar-refractivity contribution in [2.75, 3.05) is 18.9 Å². The van der Waals surface area contributed by atoms with E-state index in [2.05, 4.69) is 9.71 Å². The first-order valence-electron chi connectivity index (χ1n) is 6.03. The normalized spacial score (nSPS) is 20.1. The molecule has 0 aliphatic carbocycles. The van der Waals surface area contributed by atoms with Crippen LogP contribution in [-0.4, -0.2) is 32.7 Å². The minimum atomic E-state index is -3.54. The lowest BCUT2D eigenvalue weighted by Gasteiger charge is -2.10. The van der Waals surface area contributed by atoms with Crippen LogP contribution in [0.1, 0.15) is 6.42 Å². The largest absolute Gasteiger partial charge is 0.399 e. The minimum absolute atomic E-state index is 0.149. The van der Waals surface area contributed by atoms with E-state index in [0.29, 0.717) is 36.2 Å². The summed E-state index contributed by atoms with van der Waals surface area (Å²) < 4.78 is 32.5. The van der Waals surface area contributed by atoms with Crippen molar-refractivity contribution < 1.29 is 13.2 Å². The topological polar surface area (TPSA) is 97.2 Å². The zero-order chi connectivity index (χ0) is 13.5. The molecular weight excluding hydrogens is 266 g/mol. The third-order valence-corrected chi connectivity index (χ3v) is 4.77. The lowest BCUT2D eigenvalue weighted by atomic mass is 10.2. The van der Waals surface area contributed by atoms with Crippen LogP contribution in [0.3, 0.4) is 0 Å².